The molecule has 2 aromatic rings. The second-order valence-electron chi connectivity index (χ2n) is 2.11. The van der Waals surface area contributed by atoms with Crippen LogP contribution >= 0.6 is 10.7 Å². The Balaban J connectivity index is 2.87. The Kier molecular flexibility index (Phi) is 1.67. The maximum atomic E-state index is 10.9. The first-order chi connectivity index (χ1) is 6.09. The zero-order chi connectivity index (χ0) is 9.47. The minimum absolute atomic E-state index is 0.0116. The van der Waals surface area contributed by atoms with E-state index in [0.29, 0.717) is 9.60 Å². The maximum absolute atomic E-state index is 10.9. The van der Waals surface area contributed by atoms with Crippen molar-refractivity contribution in [3.8, 4) is 0 Å². The Labute approximate surface area is 76.9 Å². The van der Waals surface area contributed by atoms with Gasteiger partial charge in [0.2, 0.25) is 5.65 Å². The Bertz CT molecular complexity index is 548. The van der Waals surface area contributed by atoms with E-state index >= 15 is 0 Å². The fourth-order valence-electron chi connectivity index (χ4n) is 0.810. The molecule has 13 heavy (non-hydrogen) atoms. The molecule has 0 aromatic carbocycles. The fourth-order valence-corrected chi connectivity index (χ4v) is 1.55. The van der Waals surface area contributed by atoms with Gasteiger partial charge in [0.15, 0.2) is 0 Å². The summed E-state index contributed by atoms with van der Waals surface area (Å²) in [6.07, 6.45) is 1.38. The van der Waals surface area contributed by atoms with Crippen LogP contribution in [0.25, 0.3) is 11.2 Å². The zero-order valence-electron chi connectivity index (χ0n) is 5.99. The Morgan fingerprint density at radius 2 is 2.15 bits per heavy atom. The topological polar surface area (TPSA) is 90.6 Å². The second-order valence-corrected chi connectivity index (χ2v) is 4.45. The van der Waals surface area contributed by atoms with E-state index in [2.05, 4.69) is 20.5 Å². The van der Waals surface area contributed by atoms with Crippen molar-refractivity contribution in [3.63, 3.8) is 0 Å². The van der Waals surface area contributed by atoms with Crippen LogP contribution in [0.4, 0.5) is 0 Å². The van der Waals surface area contributed by atoms with Crippen molar-refractivity contribution >= 4 is 31.1 Å². The summed E-state index contributed by atoms with van der Waals surface area (Å²) in [5.74, 6) is 0. The molecule has 2 rings (SSSR count). The second kappa shape index (κ2) is 2.60. The molecule has 0 spiro atoms. The smallest absolute Gasteiger partial charge is 0.187 e. The third-order valence-corrected chi connectivity index (χ3v) is 2.35. The summed E-state index contributed by atoms with van der Waals surface area (Å²) in [6.45, 7) is 0. The number of rotatable bonds is 1. The molecule has 0 saturated carbocycles. The first kappa shape index (κ1) is 8.32. The lowest BCUT2D eigenvalue weighted by molar-refractivity contribution is 0.593. The highest BCUT2D eigenvalue weighted by atomic mass is 35.7. The molecule has 0 atom stereocenters. The van der Waals surface area contributed by atoms with E-state index in [1.54, 1.807) is 0 Å². The minimum atomic E-state index is -3.97. The Morgan fingerprint density at radius 1 is 1.38 bits per heavy atom. The lowest BCUT2D eigenvalue weighted by Gasteiger charge is -1.91. The number of halogens is 1. The summed E-state index contributed by atoms with van der Waals surface area (Å²) in [5, 5.41) is 13.9. The average Bonchev–Trinajstić information content (AvgIpc) is 2.45. The lowest BCUT2D eigenvalue weighted by Crippen LogP contribution is -2.07. The molecule has 2 heterocycles. The SMILES string of the molecule is O=S(=O)(Cl)n1nnc2ccnnc21. The highest BCUT2D eigenvalue weighted by Crippen LogP contribution is 2.09. The molecule has 0 aliphatic heterocycles. The molecule has 7 nitrogen and oxygen atoms in total. The summed E-state index contributed by atoms with van der Waals surface area (Å²) >= 11 is 0. The third-order valence-electron chi connectivity index (χ3n) is 1.30. The molecule has 0 aliphatic carbocycles. The predicted octanol–water partition coefficient (Wildman–Crippen LogP) is -0.447. The average molecular weight is 220 g/mol. The number of nitrogens with zero attached hydrogens (tertiary/aromatic N) is 5. The van der Waals surface area contributed by atoms with Gasteiger partial charge in [-0.15, -0.1) is 14.3 Å². The van der Waals surface area contributed by atoms with Gasteiger partial charge in [-0.2, -0.15) is 13.5 Å². The van der Waals surface area contributed by atoms with Gasteiger partial charge in [0.25, 0.3) is 0 Å². The van der Waals surface area contributed by atoms with Gasteiger partial charge >= 0.3 is 9.24 Å². The number of aromatic nitrogens is 5. The highest BCUT2D eigenvalue weighted by Gasteiger charge is 2.15. The molecule has 0 fully saturated rings. The quantitative estimate of drug-likeness (QED) is 0.604. The summed E-state index contributed by atoms with van der Waals surface area (Å²) in [7, 11) is 1.07. The van der Waals surface area contributed by atoms with E-state index in [9.17, 15) is 8.42 Å². The molecule has 0 unspecified atom stereocenters. The van der Waals surface area contributed by atoms with Crippen LogP contribution in [0.15, 0.2) is 12.3 Å². The molecule has 0 aliphatic rings. The van der Waals surface area contributed by atoms with Gasteiger partial charge in [0.1, 0.15) is 5.52 Å². The van der Waals surface area contributed by atoms with E-state index in [1.807, 2.05) is 0 Å². The normalized spacial score (nSPS) is 12.1. The van der Waals surface area contributed by atoms with E-state index < -0.39 is 9.24 Å². The minimum Gasteiger partial charge on any atom is -0.187 e. The van der Waals surface area contributed by atoms with Gasteiger partial charge in [-0.25, -0.2) is 0 Å². The van der Waals surface area contributed by atoms with Crippen molar-refractivity contribution in [2.75, 3.05) is 0 Å². The van der Waals surface area contributed by atoms with Crippen molar-refractivity contribution in [2.24, 2.45) is 0 Å². The molecular weight excluding hydrogens is 218 g/mol. The standard InChI is InChI=1S/C4H2ClN5O2S/c5-13(11,12)10-4-3(7-9-10)1-2-6-8-4/h1-2H. The first-order valence-corrected chi connectivity index (χ1v) is 5.34. The van der Waals surface area contributed by atoms with Gasteiger partial charge in [0.05, 0.1) is 6.20 Å². The van der Waals surface area contributed by atoms with Crippen molar-refractivity contribution in [2.45, 2.75) is 0 Å². The number of hydrogen-bond donors (Lipinski definition) is 0. The number of fused-ring (bicyclic) bond motifs is 1. The van der Waals surface area contributed by atoms with Gasteiger partial charge in [-0.3, -0.25) is 0 Å². The van der Waals surface area contributed by atoms with E-state index in [1.165, 1.54) is 12.3 Å². The van der Waals surface area contributed by atoms with E-state index in [4.69, 9.17) is 10.7 Å². The largest absolute Gasteiger partial charge is 0.343 e. The molecule has 0 radical (unpaired) electrons. The van der Waals surface area contributed by atoms with Crippen LogP contribution in [-0.2, 0) is 9.24 Å². The van der Waals surface area contributed by atoms with Crippen molar-refractivity contribution < 1.29 is 8.42 Å². The predicted molar refractivity (Wildman–Crippen MR) is 43.3 cm³/mol. The van der Waals surface area contributed by atoms with E-state index in [-0.39, 0.29) is 5.65 Å². The third kappa shape index (κ3) is 1.33. The van der Waals surface area contributed by atoms with Gasteiger partial charge < -0.3 is 0 Å². The molecule has 0 amide bonds. The van der Waals surface area contributed by atoms with E-state index in [0.717, 1.165) is 0 Å². The Morgan fingerprint density at radius 3 is 2.85 bits per heavy atom. The van der Waals surface area contributed by atoms with Crippen LogP contribution in [0.2, 0.25) is 0 Å². The van der Waals surface area contributed by atoms with Gasteiger partial charge in [0, 0.05) is 10.7 Å². The molecule has 2 aromatic heterocycles. The molecule has 9 heteroatoms. The molecule has 0 bridgehead atoms. The zero-order valence-corrected chi connectivity index (χ0v) is 7.57. The molecule has 0 saturated heterocycles. The lowest BCUT2D eigenvalue weighted by atomic mass is 10.5. The molecule has 0 N–H and O–H groups in total. The van der Waals surface area contributed by atoms with Gasteiger partial charge in [-0.05, 0) is 11.3 Å². The van der Waals surface area contributed by atoms with Crippen LogP contribution in [0, 0.1) is 0 Å². The summed E-state index contributed by atoms with van der Waals surface area (Å²) in [6, 6.07) is 1.48. The van der Waals surface area contributed by atoms with Crippen molar-refractivity contribution in [3.05, 3.63) is 12.3 Å². The van der Waals surface area contributed by atoms with Crippen LogP contribution in [0.1, 0.15) is 0 Å². The fraction of sp³-hybridized carbons (Fsp3) is 0. The van der Waals surface area contributed by atoms with Crippen LogP contribution < -0.4 is 0 Å². The Hall–Kier alpha value is -1.28. The van der Waals surface area contributed by atoms with Gasteiger partial charge in [-0.1, -0.05) is 0 Å². The monoisotopic (exact) mass is 219 g/mol. The summed E-state index contributed by atoms with van der Waals surface area (Å²) in [4.78, 5) is 0. The number of hydrogen-bond acceptors (Lipinski definition) is 6. The van der Waals surface area contributed by atoms with Crippen molar-refractivity contribution in [1.29, 1.82) is 0 Å². The maximum Gasteiger partial charge on any atom is 0.343 e. The molecular formula is C4H2ClN5O2S. The summed E-state index contributed by atoms with van der Waals surface area (Å²) in [5.41, 5.74) is 0.330. The van der Waals surface area contributed by atoms with Crippen LogP contribution in [-0.4, -0.2) is 33.0 Å². The first-order valence-electron chi connectivity index (χ1n) is 3.07. The van der Waals surface area contributed by atoms with Crippen LogP contribution in [0.3, 0.4) is 0 Å². The molecule has 68 valence electrons. The van der Waals surface area contributed by atoms with Crippen molar-refractivity contribution in [1.82, 2.24) is 24.6 Å². The van der Waals surface area contributed by atoms with Crippen LogP contribution in [0.5, 0.6) is 0 Å². The highest BCUT2D eigenvalue weighted by molar-refractivity contribution is 8.12. The summed E-state index contributed by atoms with van der Waals surface area (Å²) < 4.78 is 22.2.